The van der Waals surface area contributed by atoms with Crippen molar-refractivity contribution in [3.63, 3.8) is 0 Å². The minimum atomic E-state index is -0.356. The van der Waals surface area contributed by atoms with E-state index in [1.807, 2.05) is 43.3 Å². The smallest absolute Gasteiger partial charge is 0.276 e. The lowest BCUT2D eigenvalue weighted by atomic mass is 9.91. The summed E-state index contributed by atoms with van der Waals surface area (Å²) in [6.45, 7) is 3.40. The van der Waals surface area contributed by atoms with Gasteiger partial charge in [-0.2, -0.15) is 5.10 Å². The van der Waals surface area contributed by atoms with Gasteiger partial charge in [-0.25, -0.2) is 4.98 Å². The quantitative estimate of drug-likeness (QED) is 0.543. The van der Waals surface area contributed by atoms with Gasteiger partial charge in [0, 0.05) is 30.3 Å². The molecule has 3 aromatic rings. The van der Waals surface area contributed by atoms with Crippen molar-refractivity contribution in [2.24, 2.45) is 0 Å². The Morgan fingerprint density at radius 2 is 1.76 bits per heavy atom. The van der Waals surface area contributed by atoms with Crippen molar-refractivity contribution in [1.82, 2.24) is 20.1 Å². The summed E-state index contributed by atoms with van der Waals surface area (Å²) in [5.41, 5.74) is 2.80. The summed E-state index contributed by atoms with van der Waals surface area (Å²) < 4.78 is 1.71. The van der Waals surface area contributed by atoms with Gasteiger partial charge < -0.3 is 10.6 Å². The number of anilines is 1. The number of rotatable bonds is 4. The molecule has 1 aromatic carbocycles. The van der Waals surface area contributed by atoms with Gasteiger partial charge in [-0.15, -0.1) is 0 Å². The number of pyridine rings is 1. The van der Waals surface area contributed by atoms with Crippen molar-refractivity contribution in [2.75, 3.05) is 5.32 Å². The van der Waals surface area contributed by atoms with E-state index in [0.717, 1.165) is 42.4 Å². The number of aryl methyl sites for hydroxylation is 1. The van der Waals surface area contributed by atoms with Crippen LogP contribution in [0.5, 0.6) is 0 Å². The summed E-state index contributed by atoms with van der Waals surface area (Å²) in [6, 6.07) is 11.8. The Morgan fingerprint density at radius 1 is 1.06 bits per heavy atom. The molecule has 2 N–H and O–H groups in total. The minimum Gasteiger partial charge on any atom is -0.354 e. The SMILES string of the molecule is CC(=O)N[C@H]1CC[C@@H](n2ncc(Cl)c2C(=O)Nc2ncc(C#Cc3ccccc3)cc2C)CC1. The number of amides is 2. The number of hydrogen-bond donors (Lipinski definition) is 2. The second kappa shape index (κ2) is 10.5. The predicted molar refractivity (Wildman–Crippen MR) is 132 cm³/mol. The lowest BCUT2D eigenvalue weighted by Crippen LogP contribution is -2.37. The van der Waals surface area contributed by atoms with Gasteiger partial charge in [-0.3, -0.25) is 14.3 Å². The number of aromatic nitrogens is 3. The van der Waals surface area contributed by atoms with E-state index in [1.165, 1.54) is 13.1 Å². The Labute approximate surface area is 203 Å². The summed E-state index contributed by atoms with van der Waals surface area (Å²) >= 11 is 6.35. The molecule has 1 fully saturated rings. The summed E-state index contributed by atoms with van der Waals surface area (Å²) in [6.07, 6.45) is 6.40. The molecule has 0 radical (unpaired) electrons. The monoisotopic (exact) mass is 475 g/mol. The van der Waals surface area contributed by atoms with Crippen LogP contribution in [0.2, 0.25) is 5.02 Å². The first kappa shape index (κ1) is 23.5. The Kier molecular flexibility index (Phi) is 7.29. The molecule has 0 aliphatic heterocycles. The van der Waals surface area contributed by atoms with Crippen molar-refractivity contribution in [1.29, 1.82) is 0 Å². The van der Waals surface area contributed by atoms with Crippen LogP contribution in [0.25, 0.3) is 0 Å². The molecular weight excluding hydrogens is 450 g/mol. The fourth-order valence-electron chi connectivity index (χ4n) is 4.19. The van der Waals surface area contributed by atoms with Crippen LogP contribution in [0.4, 0.5) is 5.82 Å². The van der Waals surface area contributed by atoms with Crippen molar-refractivity contribution in [3.8, 4) is 11.8 Å². The van der Waals surface area contributed by atoms with Crippen molar-refractivity contribution < 1.29 is 9.59 Å². The molecule has 174 valence electrons. The normalized spacial score (nSPS) is 17.4. The predicted octanol–water partition coefficient (Wildman–Crippen LogP) is 4.51. The van der Waals surface area contributed by atoms with Crippen LogP contribution in [0.3, 0.4) is 0 Å². The van der Waals surface area contributed by atoms with Crippen LogP contribution >= 0.6 is 11.6 Å². The van der Waals surface area contributed by atoms with Gasteiger partial charge in [0.15, 0.2) is 0 Å². The fraction of sp³-hybridized carbons (Fsp3) is 0.308. The number of nitrogens with one attached hydrogen (secondary N) is 2. The van der Waals surface area contributed by atoms with Crippen molar-refractivity contribution in [3.05, 3.63) is 76.2 Å². The second-order valence-electron chi connectivity index (χ2n) is 8.45. The number of benzene rings is 1. The Bertz CT molecular complexity index is 1250. The molecule has 7 nitrogen and oxygen atoms in total. The highest BCUT2D eigenvalue weighted by Gasteiger charge is 2.28. The van der Waals surface area contributed by atoms with Gasteiger partial charge in [0.05, 0.1) is 17.3 Å². The largest absolute Gasteiger partial charge is 0.354 e. The van der Waals surface area contributed by atoms with Crippen LogP contribution in [0, 0.1) is 18.8 Å². The van der Waals surface area contributed by atoms with Gasteiger partial charge in [0.1, 0.15) is 11.5 Å². The summed E-state index contributed by atoms with van der Waals surface area (Å²) in [7, 11) is 0. The molecule has 0 spiro atoms. The zero-order chi connectivity index (χ0) is 24.1. The van der Waals surface area contributed by atoms with E-state index in [1.54, 1.807) is 10.9 Å². The summed E-state index contributed by atoms with van der Waals surface area (Å²) in [5.74, 6) is 6.28. The number of halogens is 1. The molecule has 1 saturated carbocycles. The molecule has 4 rings (SSSR count). The lowest BCUT2D eigenvalue weighted by molar-refractivity contribution is -0.119. The van der Waals surface area contributed by atoms with Crippen LogP contribution in [-0.4, -0.2) is 32.6 Å². The maximum absolute atomic E-state index is 13.1. The first-order valence-corrected chi connectivity index (χ1v) is 11.6. The molecule has 1 aliphatic rings. The zero-order valence-electron chi connectivity index (χ0n) is 19.1. The van der Waals surface area contributed by atoms with Crippen LogP contribution in [0.1, 0.15) is 65.8 Å². The first-order valence-electron chi connectivity index (χ1n) is 11.3. The van der Waals surface area contributed by atoms with Crippen LogP contribution in [-0.2, 0) is 4.79 Å². The van der Waals surface area contributed by atoms with E-state index in [-0.39, 0.29) is 23.9 Å². The van der Waals surface area contributed by atoms with Gasteiger partial charge >= 0.3 is 0 Å². The number of nitrogens with zero attached hydrogens (tertiary/aromatic N) is 3. The number of hydrogen-bond acceptors (Lipinski definition) is 4. The van der Waals surface area contributed by atoms with E-state index in [2.05, 4.69) is 32.6 Å². The third-order valence-corrected chi connectivity index (χ3v) is 6.13. The lowest BCUT2D eigenvalue weighted by Gasteiger charge is -2.29. The van der Waals surface area contributed by atoms with Gasteiger partial charge in [0.2, 0.25) is 5.91 Å². The van der Waals surface area contributed by atoms with E-state index in [9.17, 15) is 9.59 Å². The van der Waals surface area contributed by atoms with Crippen LogP contribution in [0.15, 0.2) is 48.8 Å². The second-order valence-corrected chi connectivity index (χ2v) is 8.86. The van der Waals surface area contributed by atoms with E-state index >= 15 is 0 Å². The molecule has 0 saturated heterocycles. The fourth-order valence-corrected chi connectivity index (χ4v) is 4.41. The molecule has 0 unspecified atom stereocenters. The summed E-state index contributed by atoms with van der Waals surface area (Å²) in [5, 5.41) is 10.5. The molecular formula is C26H26ClN5O2. The molecule has 2 heterocycles. The van der Waals surface area contributed by atoms with E-state index in [0.29, 0.717) is 16.5 Å². The standard InChI is InChI=1S/C26H26ClN5O2/c1-17-14-20(9-8-19-6-4-3-5-7-19)15-28-25(17)31-26(34)24-23(27)16-29-32(24)22-12-10-21(11-13-22)30-18(2)33/h3-7,14-16,21-22H,10-13H2,1-2H3,(H,30,33)(H,28,31,34)/t21-,22+. The third-order valence-electron chi connectivity index (χ3n) is 5.85. The first-order chi connectivity index (χ1) is 16.4. The highest BCUT2D eigenvalue weighted by atomic mass is 35.5. The number of carbonyl (C=O) groups is 2. The van der Waals surface area contributed by atoms with E-state index in [4.69, 9.17) is 11.6 Å². The molecule has 0 atom stereocenters. The minimum absolute atomic E-state index is 0.0226. The van der Waals surface area contributed by atoms with Gasteiger partial charge in [0.25, 0.3) is 5.91 Å². The Hall–Kier alpha value is -3.63. The van der Waals surface area contributed by atoms with Crippen molar-refractivity contribution in [2.45, 2.75) is 51.6 Å². The van der Waals surface area contributed by atoms with Crippen molar-refractivity contribution >= 4 is 29.2 Å². The van der Waals surface area contributed by atoms with Gasteiger partial charge in [-0.1, -0.05) is 41.6 Å². The topological polar surface area (TPSA) is 88.9 Å². The highest BCUT2D eigenvalue weighted by molar-refractivity contribution is 6.34. The molecule has 2 aromatic heterocycles. The van der Waals surface area contributed by atoms with E-state index < -0.39 is 0 Å². The zero-order valence-corrected chi connectivity index (χ0v) is 19.9. The number of carbonyl (C=O) groups excluding carboxylic acids is 2. The highest BCUT2D eigenvalue weighted by Crippen LogP contribution is 2.31. The maximum Gasteiger partial charge on any atom is 0.276 e. The van der Waals surface area contributed by atoms with Gasteiger partial charge in [-0.05, 0) is 56.4 Å². The Balaban J connectivity index is 1.46. The summed E-state index contributed by atoms with van der Waals surface area (Å²) in [4.78, 5) is 28.9. The molecule has 34 heavy (non-hydrogen) atoms. The molecule has 1 aliphatic carbocycles. The third kappa shape index (κ3) is 5.64. The Morgan fingerprint density at radius 3 is 2.44 bits per heavy atom. The molecule has 8 heteroatoms. The maximum atomic E-state index is 13.1. The average Bonchev–Trinajstić information content (AvgIpc) is 3.21. The molecule has 0 bridgehead atoms. The van der Waals surface area contributed by atoms with Crippen LogP contribution < -0.4 is 10.6 Å². The average molecular weight is 476 g/mol. The molecule has 2 amide bonds.